The Morgan fingerprint density at radius 3 is 2.70 bits per heavy atom. The number of hydrogen-bond donors (Lipinski definition) is 3. The molecular weight excluding hydrogens is 364 g/mol. The van der Waals surface area contributed by atoms with Crippen LogP contribution in [0.2, 0.25) is 5.02 Å². The molecule has 6 nitrogen and oxygen atoms in total. The van der Waals surface area contributed by atoms with Crippen molar-refractivity contribution in [3.63, 3.8) is 0 Å². The van der Waals surface area contributed by atoms with Gasteiger partial charge in [0.1, 0.15) is 23.2 Å². The lowest BCUT2D eigenvalue weighted by Crippen LogP contribution is -2.26. The molecule has 0 bridgehead atoms. The van der Waals surface area contributed by atoms with Crippen LogP contribution in [0.3, 0.4) is 0 Å². The molecule has 0 atom stereocenters. The van der Waals surface area contributed by atoms with Crippen molar-refractivity contribution in [1.82, 2.24) is 9.97 Å². The van der Waals surface area contributed by atoms with Gasteiger partial charge in [-0.15, -0.1) is 0 Å². The molecule has 0 fully saturated rings. The van der Waals surface area contributed by atoms with Gasteiger partial charge in [-0.05, 0) is 55.3 Å². The molecule has 1 aliphatic heterocycles. The van der Waals surface area contributed by atoms with Gasteiger partial charge in [0.2, 0.25) is 0 Å². The first-order chi connectivity index (χ1) is 12.9. The number of H-pyrrole nitrogens is 1. The average Bonchev–Trinajstić information content (AvgIpc) is 3.15. The first kappa shape index (κ1) is 17.4. The van der Waals surface area contributed by atoms with Crippen molar-refractivity contribution < 1.29 is 9.84 Å². The molecule has 0 amide bonds. The molecule has 1 aliphatic rings. The number of amidine groups is 1. The monoisotopic (exact) mass is 382 g/mol. The maximum absolute atomic E-state index is 10.6. The Morgan fingerprint density at radius 1 is 1.22 bits per heavy atom. The number of methoxy groups -OCH3 is 1. The second-order valence-electron chi connectivity index (χ2n) is 6.61. The normalized spacial score (nSPS) is 14.5. The Bertz CT molecular complexity index is 1080. The first-order valence-electron chi connectivity index (χ1n) is 8.48. The Balaban J connectivity index is 1.76. The van der Waals surface area contributed by atoms with Crippen molar-refractivity contribution in [2.45, 2.75) is 13.8 Å². The number of nitrogens with zero attached hydrogens (tertiary/aromatic N) is 2. The van der Waals surface area contributed by atoms with Crippen molar-refractivity contribution in [1.29, 1.82) is 5.41 Å². The third-order valence-electron chi connectivity index (χ3n) is 4.87. The van der Waals surface area contributed by atoms with E-state index in [0.29, 0.717) is 27.9 Å². The number of benzene rings is 2. The number of fused-ring (bicyclic) bond motifs is 1. The molecule has 138 valence electrons. The van der Waals surface area contributed by atoms with Crippen LogP contribution in [0.15, 0.2) is 36.1 Å². The standard InChI is InChI=1S/C20H19ClN4O2/c1-10-6-13-14(7-11(10)2)24-20(23-13)18-16(26)9-25(19(18)22)15-8-12(21)4-5-17(15)27-3/h4-8,22,26H,9H2,1-3H3,(H,23,24). The van der Waals surface area contributed by atoms with Crippen LogP contribution in [0.5, 0.6) is 5.75 Å². The zero-order chi connectivity index (χ0) is 19.3. The Morgan fingerprint density at radius 2 is 1.96 bits per heavy atom. The summed E-state index contributed by atoms with van der Waals surface area (Å²) in [6.07, 6.45) is 0. The largest absolute Gasteiger partial charge is 0.509 e. The second-order valence-corrected chi connectivity index (χ2v) is 7.05. The van der Waals surface area contributed by atoms with Gasteiger partial charge in [0.05, 0.1) is 35.9 Å². The number of aliphatic hydroxyl groups excluding tert-OH is 1. The molecule has 0 spiro atoms. The lowest BCUT2D eigenvalue weighted by molar-refractivity contribution is 0.406. The molecule has 0 aliphatic carbocycles. The summed E-state index contributed by atoms with van der Waals surface area (Å²) in [5.74, 6) is 1.27. The van der Waals surface area contributed by atoms with Crippen LogP contribution in [-0.4, -0.2) is 34.6 Å². The predicted molar refractivity (Wildman–Crippen MR) is 108 cm³/mol. The van der Waals surface area contributed by atoms with Gasteiger partial charge < -0.3 is 19.7 Å². The van der Waals surface area contributed by atoms with Crippen LogP contribution in [0.25, 0.3) is 16.6 Å². The minimum absolute atomic E-state index is 0.0783. The van der Waals surface area contributed by atoms with E-state index in [9.17, 15) is 5.11 Å². The van der Waals surface area contributed by atoms with Gasteiger partial charge in [-0.25, -0.2) is 4.98 Å². The molecule has 2 aromatic carbocycles. The third kappa shape index (κ3) is 2.82. The summed E-state index contributed by atoms with van der Waals surface area (Å²) in [4.78, 5) is 9.46. The van der Waals surface area contributed by atoms with Crippen LogP contribution < -0.4 is 9.64 Å². The first-order valence-corrected chi connectivity index (χ1v) is 8.86. The molecule has 0 radical (unpaired) electrons. The lowest BCUT2D eigenvalue weighted by Gasteiger charge is -2.21. The topological polar surface area (TPSA) is 85.2 Å². The van der Waals surface area contributed by atoms with Crippen LogP contribution >= 0.6 is 11.6 Å². The highest BCUT2D eigenvalue weighted by Gasteiger charge is 2.32. The number of rotatable bonds is 3. The summed E-state index contributed by atoms with van der Waals surface area (Å²) in [5.41, 5.74) is 4.98. The number of imidazole rings is 1. The van der Waals surface area contributed by atoms with E-state index in [1.165, 1.54) is 0 Å². The smallest absolute Gasteiger partial charge is 0.145 e. The molecule has 4 rings (SSSR count). The molecule has 3 N–H and O–H groups in total. The Labute approximate surface area is 161 Å². The van der Waals surface area contributed by atoms with E-state index < -0.39 is 0 Å². The van der Waals surface area contributed by atoms with Crippen LogP contribution in [-0.2, 0) is 0 Å². The fourth-order valence-corrected chi connectivity index (χ4v) is 3.46. The van der Waals surface area contributed by atoms with Gasteiger partial charge in [-0.2, -0.15) is 0 Å². The number of aromatic amines is 1. The number of aromatic nitrogens is 2. The zero-order valence-corrected chi connectivity index (χ0v) is 16.0. The predicted octanol–water partition coefficient (Wildman–Crippen LogP) is 4.61. The third-order valence-corrected chi connectivity index (χ3v) is 5.10. The zero-order valence-electron chi connectivity index (χ0n) is 15.2. The van der Waals surface area contributed by atoms with Crippen LogP contribution in [0.1, 0.15) is 17.0 Å². The molecule has 7 heteroatoms. The number of nitrogens with one attached hydrogen (secondary N) is 2. The van der Waals surface area contributed by atoms with E-state index >= 15 is 0 Å². The summed E-state index contributed by atoms with van der Waals surface area (Å²) in [5, 5.41) is 19.7. The highest BCUT2D eigenvalue weighted by molar-refractivity contribution is 6.32. The number of halogens is 1. The maximum Gasteiger partial charge on any atom is 0.145 e. The van der Waals surface area contributed by atoms with E-state index in [2.05, 4.69) is 9.97 Å². The number of aliphatic hydroxyl groups is 1. The number of aryl methyl sites for hydroxylation is 2. The highest BCUT2D eigenvalue weighted by atomic mass is 35.5. The molecule has 1 aromatic heterocycles. The van der Waals surface area contributed by atoms with Gasteiger partial charge in [0, 0.05) is 5.02 Å². The average molecular weight is 383 g/mol. The van der Waals surface area contributed by atoms with Crippen molar-refractivity contribution in [3.05, 3.63) is 58.1 Å². The van der Waals surface area contributed by atoms with Crippen LogP contribution in [0, 0.1) is 19.3 Å². The van der Waals surface area contributed by atoms with E-state index in [1.54, 1.807) is 30.2 Å². The summed E-state index contributed by atoms with van der Waals surface area (Å²) < 4.78 is 5.39. The summed E-state index contributed by atoms with van der Waals surface area (Å²) in [6.45, 7) is 4.22. The van der Waals surface area contributed by atoms with Crippen molar-refractivity contribution >= 4 is 39.7 Å². The highest BCUT2D eigenvalue weighted by Crippen LogP contribution is 2.37. The number of hydrogen-bond acceptors (Lipinski definition) is 4. The summed E-state index contributed by atoms with van der Waals surface area (Å²) in [6, 6.07) is 9.21. The molecule has 3 aromatic rings. The van der Waals surface area contributed by atoms with Gasteiger partial charge in [0.15, 0.2) is 0 Å². The summed E-state index contributed by atoms with van der Waals surface area (Å²) in [7, 11) is 1.56. The van der Waals surface area contributed by atoms with Gasteiger partial charge in [-0.3, -0.25) is 5.41 Å². The fraction of sp³-hybridized carbons (Fsp3) is 0.200. The minimum atomic E-state index is 0.0783. The van der Waals surface area contributed by atoms with E-state index in [4.69, 9.17) is 21.7 Å². The van der Waals surface area contributed by atoms with Crippen LogP contribution in [0.4, 0.5) is 5.69 Å². The molecule has 0 unspecified atom stereocenters. The molecule has 2 heterocycles. The lowest BCUT2D eigenvalue weighted by atomic mass is 10.1. The summed E-state index contributed by atoms with van der Waals surface area (Å²) >= 11 is 6.13. The van der Waals surface area contributed by atoms with Gasteiger partial charge in [0.25, 0.3) is 0 Å². The molecule has 0 saturated carbocycles. The minimum Gasteiger partial charge on any atom is -0.509 e. The van der Waals surface area contributed by atoms with E-state index in [0.717, 1.165) is 22.2 Å². The van der Waals surface area contributed by atoms with Gasteiger partial charge in [-0.1, -0.05) is 11.6 Å². The van der Waals surface area contributed by atoms with Crippen molar-refractivity contribution in [3.8, 4) is 5.75 Å². The quantitative estimate of drug-likeness (QED) is 0.617. The Kier molecular flexibility index (Phi) is 4.08. The second kappa shape index (κ2) is 6.32. The van der Waals surface area contributed by atoms with E-state index in [-0.39, 0.29) is 18.1 Å². The maximum atomic E-state index is 10.6. The van der Waals surface area contributed by atoms with Gasteiger partial charge >= 0.3 is 0 Å². The van der Waals surface area contributed by atoms with Crippen molar-refractivity contribution in [2.75, 3.05) is 18.6 Å². The number of anilines is 1. The SMILES string of the molecule is COc1ccc(Cl)cc1N1CC(O)=C(c2nc3cc(C)c(C)cc3[nH]2)C1=N. The Hall–Kier alpha value is -2.99. The molecular formula is C20H19ClN4O2. The van der Waals surface area contributed by atoms with E-state index in [1.807, 2.05) is 26.0 Å². The van der Waals surface area contributed by atoms with Crippen molar-refractivity contribution in [2.24, 2.45) is 0 Å². The fourth-order valence-electron chi connectivity index (χ4n) is 3.30. The molecule has 0 saturated heterocycles. The number of ether oxygens (including phenoxy) is 1. The molecule has 27 heavy (non-hydrogen) atoms.